The van der Waals surface area contributed by atoms with Crippen molar-refractivity contribution in [3.05, 3.63) is 77.2 Å². The first-order valence-corrected chi connectivity index (χ1v) is 8.39. The van der Waals surface area contributed by atoms with Gasteiger partial charge in [-0.05, 0) is 23.1 Å². The van der Waals surface area contributed by atoms with Gasteiger partial charge in [0.1, 0.15) is 0 Å². The minimum Gasteiger partial charge on any atom is -0.211 e. The van der Waals surface area contributed by atoms with Crippen LogP contribution in [0.1, 0.15) is 24.0 Å². The zero-order chi connectivity index (χ0) is 15.1. The van der Waals surface area contributed by atoms with Crippen LogP contribution in [0.2, 0.25) is 0 Å². The largest absolute Gasteiger partial charge is 0.233 e. The molecule has 21 heavy (non-hydrogen) atoms. The van der Waals surface area contributed by atoms with Crippen molar-refractivity contribution in [3.8, 4) is 0 Å². The van der Waals surface area contributed by atoms with Gasteiger partial charge in [0.05, 0.1) is 0 Å². The van der Waals surface area contributed by atoms with Gasteiger partial charge >= 0.3 is 0 Å². The van der Waals surface area contributed by atoms with E-state index in [4.69, 9.17) is 0 Å². The van der Waals surface area contributed by atoms with Crippen LogP contribution in [0, 0.1) is 0 Å². The number of nitrogens with one attached hydrogen (secondary N) is 1. The molecule has 2 aromatic rings. The van der Waals surface area contributed by atoms with Crippen molar-refractivity contribution in [2.75, 3.05) is 6.54 Å². The summed E-state index contributed by atoms with van der Waals surface area (Å²) in [7, 11) is -3.41. The first-order chi connectivity index (χ1) is 10.1. The van der Waals surface area contributed by atoms with Crippen molar-refractivity contribution >= 4 is 16.1 Å². The Morgan fingerprint density at radius 3 is 2.19 bits per heavy atom. The summed E-state index contributed by atoms with van der Waals surface area (Å²) in [6.45, 7) is 2.38. The van der Waals surface area contributed by atoms with Crippen LogP contribution in [0.5, 0.6) is 0 Å². The number of hydrogen-bond acceptors (Lipinski definition) is 2. The Morgan fingerprint density at radius 2 is 1.57 bits per heavy atom. The third-order valence-corrected chi connectivity index (χ3v) is 4.26. The fourth-order valence-corrected chi connectivity index (χ4v) is 2.84. The van der Waals surface area contributed by atoms with Crippen LogP contribution in [0.3, 0.4) is 0 Å². The van der Waals surface area contributed by atoms with E-state index in [1.807, 2.05) is 67.6 Å². The van der Waals surface area contributed by atoms with Gasteiger partial charge in [0.25, 0.3) is 0 Å². The summed E-state index contributed by atoms with van der Waals surface area (Å²) < 4.78 is 26.5. The van der Waals surface area contributed by atoms with Crippen molar-refractivity contribution in [2.45, 2.75) is 12.8 Å². The first kappa shape index (κ1) is 15.5. The van der Waals surface area contributed by atoms with Gasteiger partial charge in [-0.15, -0.1) is 0 Å². The highest BCUT2D eigenvalue weighted by atomic mass is 32.2. The van der Waals surface area contributed by atoms with Gasteiger partial charge < -0.3 is 0 Å². The molecule has 0 saturated heterocycles. The van der Waals surface area contributed by atoms with E-state index in [9.17, 15) is 8.42 Å². The summed E-state index contributed by atoms with van der Waals surface area (Å²) in [6, 6.07) is 19.2. The van der Waals surface area contributed by atoms with Gasteiger partial charge in [0, 0.05) is 12.0 Å². The maximum Gasteiger partial charge on any atom is 0.233 e. The molecular formula is C17H19NO2S. The van der Waals surface area contributed by atoms with Crippen LogP contribution in [0.4, 0.5) is 0 Å². The third kappa shape index (κ3) is 5.17. The maximum atomic E-state index is 11.9. The molecule has 4 heteroatoms. The molecule has 0 spiro atoms. The molecule has 0 unspecified atom stereocenters. The quantitative estimate of drug-likeness (QED) is 0.889. The number of benzene rings is 2. The molecule has 0 saturated carbocycles. The van der Waals surface area contributed by atoms with E-state index in [0.29, 0.717) is 6.54 Å². The lowest BCUT2D eigenvalue weighted by atomic mass is 10.0. The number of hydrogen-bond donors (Lipinski definition) is 1. The van der Waals surface area contributed by atoms with E-state index in [1.165, 1.54) is 5.41 Å². The second kappa shape index (κ2) is 7.20. The van der Waals surface area contributed by atoms with Gasteiger partial charge in [-0.2, -0.15) is 0 Å². The highest BCUT2D eigenvalue weighted by Gasteiger charge is 2.09. The van der Waals surface area contributed by atoms with E-state index in [1.54, 1.807) is 6.08 Å². The SMILES string of the molecule is C[C@@H](CNS(=O)(=O)/C=C/c1ccccc1)c1ccccc1. The van der Waals surface area contributed by atoms with Crippen LogP contribution in [0.25, 0.3) is 6.08 Å². The Bertz CT molecular complexity index is 679. The molecule has 1 N–H and O–H groups in total. The molecule has 1 atom stereocenters. The zero-order valence-electron chi connectivity index (χ0n) is 11.9. The Labute approximate surface area is 126 Å². The Hall–Kier alpha value is -1.91. The minimum atomic E-state index is -3.41. The predicted octanol–water partition coefficient (Wildman–Crippen LogP) is 3.38. The summed E-state index contributed by atoms with van der Waals surface area (Å²) in [5.74, 6) is 0.131. The number of rotatable bonds is 6. The average Bonchev–Trinajstić information content (AvgIpc) is 2.53. The fraction of sp³-hybridized carbons (Fsp3) is 0.176. The topological polar surface area (TPSA) is 46.2 Å². The van der Waals surface area contributed by atoms with Gasteiger partial charge in [-0.25, -0.2) is 13.1 Å². The van der Waals surface area contributed by atoms with Crippen LogP contribution >= 0.6 is 0 Å². The van der Waals surface area contributed by atoms with Crippen molar-refractivity contribution in [1.82, 2.24) is 4.72 Å². The van der Waals surface area contributed by atoms with Gasteiger partial charge in [0.15, 0.2) is 0 Å². The van der Waals surface area contributed by atoms with E-state index in [0.717, 1.165) is 11.1 Å². The summed E-state index contributed by atoms with van der Waals surface area (Å²) >= 11 is 0. The molecule has 0 radical (unpaired) electrons. The van der Waals surface area contributed by atoms with E-state index in [-0.39, 0.29) is 5.92 Å². The molecule has 110 valence electrons. The molecule has 3 nitrogen and oxygen atoms in total. The monoisotopic (exact) mass is 301 g/mol. The fourth-order valence-electron chi connectivity index (χ4n) is 1.92. The predicted molar refractivity (Wildman–Crippen MR) is 87.3 cm³/mol. The van der Waals surface area contributed by atoms with Crippen molar-refractivity contribution < 1.29 is 8.42 Å². The zero-order valence-corrected chi connectivity index (χ0v) is 12.8. The Morgan fingerprint density at radius 1 is 1.00 bits per heavy atom. The van der Waals surface area contributed by atoms with Crippen molar-refractivity contribution in [2.24, 2.45) is 0 Å². The molecule has 0 heterocycles. The third-order valence-electron chi connectivity index (χ3n) is 3.20. The highest BCUT2D eigenvalue weighted by Crippen LogP contribution is 2.13. The second-order valence-corrected chi connectivity index (χ2v) is 6.57. The summed E-state index contributed by atoms with van der Waals surface area (Å²) in [5.41, 5.74) is 1.98. The smallest absolute Gasteiger partial charge is 0.211 e. The summed E-state index contributed by atoms with van der Waals surface area (Å²) in [5, 5.41) is 1.21. The standard InChI is InChI=1S/C17H19NO2S/c1-15(17-10-6-3-7-11-17)14-18-21(19,20)13-12-16-8-4-2-5-9-16/h2-13,15,18H,14H2,1H3/b13-12+/t15-/m0/s1. The lowest BCUT2D eigenvalue weighted by molar-refractivity contribution is 0.584. The number of sulfonamides is 1. The lowest BCUT2D eigenvalue weighted by Crippen LogP contribution is -2.25. The van der Waals surface area contributed by atoms with Crippen molar-refractivity contribution in [3.63, 3.8) is 0 Å². The van der Waals surface area contributed by atoms with Crippen LogP contribution in [-0.2, 0) is 10.0 Å². The van der Waals surface area contributed by atoms with Gasteiger partial charge in [0.2, 0.25) is 10.0 Å². The van der Waals surface area contributed by atoms with E-state index >= 15 is 0 Å². The van der Waals surface area contributed by atoms with Crippen LogP contribution in [0.15, 0.2) is 66.1 Å². The lowest BCUT2D eigenvalue weighted by Gasteiger charge is -2.11. The Balaban J connectivity index is 1.94. The molecule has 2 aromatic carbocycles. The summed E-state index contributed by atoms with van der Waals surface area (Å²) in [4.78, 5) is 0. The molecule has 0 aliphatic heterocycles. The molecule has 0 aromatic heterocycles. The van der Waals surface area contributed by atoms with E-state index in [2.05, 4.69) is 4.72 Å². The van der Waals surface area contributed by atoms with Crippen LogP contribution < -0.4 is 4.72 Å². The molecule has 0 aliphatic carbocycles. The first-order valence-electron chi connectivity index (χ1n) is 6.84. The van der Waals surface area contributed by atoms with Crippen LogP contribution in [-0.4, -0.2) is 15.0 Å². The summed E-state index contributed by atoms with van der Waals surface area (Å²) in [6.07, 6.45) is 1.59. The molecule has 0 amide bonds. The molecule has 2 rings (SSSR count). The van der Waals surface area contributed by atoms with Gasteiger partial charge in [-0.3, -0.25) is 0 Å². The average molecular weight is 301 g/mol. The Kier molecular flexibility index (Phi) is 5.31. The second-order valence-electron chi connectivity index (χ2n) is 4.92. The molecule has 0 fully saturated rings. The van der Waals surface area contributed by atoms with Gasteiger partial charge in [-0.1, -0.05) is 67.6 Å². The minimum absolute atomic E-state index is 0.131. The highest BCUT2D eigenvalue weighted by molar-refractivity contribution is 7.92. The van der Waals surface area contributed by atoms with Crippen molar-refractivity contribution in [1.29, 1.82) is 0 Å². The van der Waals surface area contributed by atoms with E-state index < -0.39 is 10.0 Å². The molecular weight excluding hydrogens is 282 g/mol. The molecule has 0 bridgehead atoms. The normalized spacial score (nSPS) is 13.4. The molecule has 0 aliphatic rings. The maximum absolute atomic E-state index is 11.9.